The maximum atomic E-state index is 12.6. The number of hydrogen-bond acceptors (Lipinski definition) is 2. The average molecular weight is 308 g/mol. The molecule has 0 atom stereocenters. The number of Topliss-reactive ketones (excluding diaryl/α,β-unsaturated/α-hetero) is 1. The van der Waals surface area contributed by atoms with Gasteiger partial charge >= 0.3 is 6.18 Å². The summed E-state index contributed by atoms with van der Waals surface area (Å²) in [6.45, 7) is 0.651. The molecule has 0 amide bonds. The van der Waals surface area contributed by atoms with Crippen LogP contribution in [-0.4, -0.2) is 18.9 Å². The van der Waals surface area contributed by atoms with Crippen molar-refractivity contribution in [1.82, 2.24) is 0 Å². The molecule has 0 unspecified atom stereocenters. The Hall–Kier alpha value is -1.04. The van der Waals surface area contributed by atoms with E-state index in [0.29, 0.717) is 23.1 Å². The fourth-order valence-electron chi connectivity index (χ4n) is 1.77. The molecule has 17 heavy (non-hydrogen) atoms. The molecule has 1 fully saturated rings. The van der Waals surface area contributed by atoms with Crippen LogP contribution < -0.4 is 4.90 Å². The molecule has 92 valence electrons. The Balaban J connectivity index is 2.36. The molecule has 2 rings (SSSR count). The van der Waals surface area contributed by atoms with Gasteiger partial charge < -0.3 is 4.90 Å². The number of carbonyl (C=O) groups is 1. The van der Waals surface area contributed by atoms with E-state index in [-0.39, 0.29) is 12.3 Å². The van der Waals surface area contributed by atoms with Crippen molar-refractivity contribution >= 4 is 27.4 Å². The predicted octanol–water partition coefficient (Wildman–Crippen LogP) is 3.25. The van der Waals surface area contributed by atoms with Gasteiger partial charge in [-0.25, -0.2) is 0 Å². The van der Waals surface area contributed by atoms with Crippen molar-refractivity contribution in [2.75, 3.05) is 18.0 Å². The van der Waals surface area contributed by atoms with Crippen LogP contribution in [0.5, 0.6) is 0 Å². The maximum absolute atomic E-state index is 12.6. The standard InChI is InChI=1S/C11H9BrF3NO/c12-9-2-1-7(11(13,14)15)5-10(9)16-4-3-8(17)6-16/h1-2,5H,3-4,6H2. The van der Waals surface area contributed by atoms with E-state index in [0.717, 1.165) is 12.1 Å². The molecule has 0 bridgehead atoms. The molecular weight excluding hydrogens is 299 g/mol. The first-order valence-corrected chi connectivity index (χ1v) is 5.80. The van der Waals surface area contributed by atoms with Gasteiger partial charge in [0.15, 0.2) is 5.78 Å². The molecule has 1 aliphatic rings. The lowest BCUT2D eigenvalue weighted by atomic mass is 10.2. The molecule has 0 aliphatic carbocycles. The molecule has 1 aromatic rings. The second-order valence-electron chi connectivity index (χ2n) is 3.87. The predicted molar refractivity (Wildman–Crippen MR) is 61.0 cm³/mol. The number of benzene rings is 1. The van der Waals surface area contributed by atoms with Crippen molar-refractivity contribution in [2.24, 2.45) is 0 Å². The first-order chi connectivity index (χ1) is 7.88. The molecule has 1 heterocycles. The van der Waals surface area contributed by atoms with Gasteiger partial charge in [-0.15, -0.1) is 0 Å². The summed E-state index contributed by atoms with van der Waals surface area (Å²) in [7, 11) is 0. The highest BCUT2D eigenvalue weighted by molar-refractivity contribution is 9.10. The van der Waals surface area contributed by atoms with Crippen LogP contribution in [0.15, 0.2) is 22.7 Å². The van der Waals surface area contributed by atoms with Crippen molar-refractivity contribution in [3.63, 3.8) is 0 Å². The summed E-state index contributed by atoms with van der Waals surface area (Å²) in [6.07, 6.45) is -3.97. The van der Waals surface area contributed by atoms with Gasteiger partial charge in [-0.3, -0.25) is 4.79 Å². The Morgan fingerprint density at radius 3 is 2.53 bits per heavy atom. The molecular formula is C11H9BrF3NO. The molecule has 0 spiro atoms. The number of carbonyl (C=O) groups excluding carboxylic acids is 1. The van der Waals surface area contributed by atoms with E-state index >= 15 is 0 Å². The van der Waals surface area contributed by atoms with Crippen LogP contribution >= 0.6 is 15.9 Å². The lowest BCUT2D eigenvalue weighted by Gasteiger charge is -2.20. The van der Waals surface area contributed by atoms with Crippen LogP contribution in [0.3, 0.4) is 0 Å². The first-order valence-electron chi connectivity index (χ1n) is 5.01. The molecule has 1 aromatic carbocycles. The quantitative estimate of drug-likeness (QED) is 0.794. The van der Waals surface area contributed by atoms with Crippen LogP contribution in [-0.2, 0) is 11.0 Å². The summed E-state index contributed by atoms with van der Waals surface area (Å²) in [5, 5.41) is 0. The topological polar surface area (TPSA) is 20.3 Å². The van der Waals surface area contributed by atoms with E-state index < -0.39 is 11.7 Å². The van der Waals surface area contributed by atoms with Crippen molar-refractivity contribution in [3.05, 3.63) is 28.2 Å². The molecule has 1 aliphatic heterocycles. The van der Waals surface area contributed by atoms with Crippen LogP contribution in [0.2, 0.25) is 0 Å². The van der Waals surface area contributed by atoms with Gasteiger partial charge in [0.05, 0.1) is 17.8 Å². The Kier molecular flexibility index (Phi) is 3.16. The zero-order valence-electron chi connectivity index (χ0n) is 8.72. The summed E-state index contributed by atoms with van der Waals surface area (Å²) >= 11 is 3.21. The van der Waals surface area contributed by atoms with Gasteiger partial charge in [-0.05, 0) is 34.1 Å². The van der Waals surface area contributed by atoms with Crippen molar-refractivity contribution < 1.29 is 18.0 Å². The smallest absolute Gasteiger partial charge is 0.363 e. The molecule has 6 heteroatoms. The van der Waals surface area contributed by atoms with E-state index in [4.69, 9.17) is 0 Å². The first kappa shape index (κ1) is 12.4. The number of anilines is 1. The Morgan fingerprint density at radius 2 is 2.00 bits per heavy atom. The second kappa shape index (κ2) is 4.33. The number of ketones is 1. The van der Waals surface area contributed by atoms with E-state index in [2.05, 4.69) is 15.9 Å². The third-order valence-electron chi connectivity index (χ3n) is 2.64. The minimum atomic E-state index is -4.36. The molecule has 0 saturated carbocycles. The highest BCUT2D eigenvalue weighted by Gasteiger charge is 2.32. The number of rotatable bonds is 1. The average Bonchev–Trinajstić information content (AvgIpc) is 2.63. The lowest BCUT2D eigenvalue weighted by Crippen LogP contribution is -2.20. The van der Waals surface area contributed by atoms with Gasteiger partial charge in [0.1, 0.15) is 0 Å². The summed E-state index contributed by atoms with van der Waals surface area (Å²) in [6, 6.07) is 3.45. The Bertz CT molecular complexity index is 459. The largest absolute Gasteiger partial charge is 0.416 e. The van der Waals surface area contributed by atoms with E-state index in [1.54, 1.807) is 4.90 Å². The maximum Gasteiger partial charge on any atom is 0.416 e. The van der Waals surface area contributed by atoms with Crippen molar-refractivity contribution in [1.29, 1.82) is 0 Å². The minimum Gasteiger partial charge on any atom is -0.363 e. The van der Waals surface area contributed by atoms with Gasteiger partial charge in [-0.2, -0.15) is 13.2 Å². The van der Waals surface area contributed by atoms with Crippen LogP contribution in [0.4, 0.5) is 18.9 Å². The summed E-state index contributed by atoms with van der Waals surface area (Å²) in [5.74, 6) is 0.0503. The SMILES string of the molecule is O=C1CCN(c2cc(C(F)(F)F)ccc2Br)C1. The third-order valence-corrected chi connectivity index (χ3v) is 3.31. The zero-order chi connectivity index (χ0) is 12.6. The fourth-order valence-corrected chi connectivity index (χ4v) is 2.26. The van der Waals surface area contributed by atoms with Crippen LogP contribution in [0.25, 0.3) is 0 Å². The summed E-state index contributed by atoms with van der Waals surface area (Å²) in [5.41, 5.74) is -0.277. The molecule has 0 aromatic heterocycles. The molecule has 2 nitrogen and oxygen atoms in total. The Morgan fingerprint density at radius 1 is 1.29 bits per heavy atom. The minimum absolute atomic E-state index is 0.0503. The van der Waals surface area contributed by atoms with E-state index in [9.17, 15) is 18.0 Å². The van der Waals surface area contributed by atoms with Crippen LogP contribution in [0.1, 0.15) is 12.0 Å². The van der Waals surface area contributed by atoms with Crippen LogP contribution in [0, 0.1) is 0 Å². The van der Waals surface area contributed by atoms with E-state index in [1.165, 1.54) is 6.07 Å². The van der Waals surface area contributed by atoms with Crippen molar-refractivity contribution in [2.45, 2.75) is 12.6 Å². The lowest BCUT2D eigenvalue weighted by molar-refractivity contribution is -0.137. The molecule has 1 saturated heterocycles. The number of alkyl halides is 3. The number of nitrogens with zero attached hydrogens (tertiary/aromatic N) is 1. The highest BCUT2D eigenvalue weighted by Crippen LogP contribution is 2.36. The molecule has 0 radical (unpaired) electrons. The Labute approximate surface area is 105 Å². The van der Waals surface area contributed by atoms with Gasteiger partial charge in [0, 0.05) is 17.4 Å². The molecule has 0 N–H and O–H groups in total. The van der Waals surface area contributed by atoms with Gasteiger partial charge in [0.2, 0.25) is 0 Å². The van der Waals surface area contributed by atoms with Crippen molar-refractivity contribution in [3.8, 4) is 0 Å². The van der Waals surface area contributed by atoms with Gasteiger partial charge in [-0.1, -0.05) is 0 Å². The van der Waals surface area contributed by atoms with E-state index in [1.807, 2.05) is 0 Å². The number of hydrogen-bond donors (Lipinski definition) is 0. The number of halogens is 4. The second-order valence-corrected chi connectivity index (χ2v) is 4.73. The normalized spacial score (nSPS) is 16.7. The highest BCUT2D eigenvalue weighted by atomic mass is 79.9. The summed E-state index contributed by atoms with van der Waals surface area (Å²) in [4.78, 5) is 12.8. The summed E-state index contributed by atoms with van der Waals surface area (Å²) < 4.78 is 38.3. The fraction of sp³-hybridized carbons (Fsp3) is 0.364. The van der Waals surface area contributed by atoms with Gasteiger partial charge in [0.25, 0.3) is 0 Å². The monoisotopic (exact) mass is 307 g/mol. The zero-order valence-corrected chi connectivity index (χ0v) is 10.3. The third kappa shape index (κ3) is 2.62.